The van der Waals surface area contributed by atoms with E-state index < -0.39 is 16.1 Å². The molecule has 1 amide bonds. The van der Waals surface area contributed by atoms with Gasteiger partial charge in [0.25, 0.3) is 0 Å². The Balaban J connectivity index is 1.41. The Bertz CT molecular complexity index is 1570. The molecule has 0 unspecified atom stereocenters. The minimum absolute atomic E-state index is 0.0979. The molecule has 37 heavy (non-hydrogen) atoms. The van der Waals surface area contributed by atoms with E-state index in [0.717, 1.165) is 29.5 Å². The average molecular weight is 541 g/mol. The lowest BCUT2D eigenvalue weighted by atomic mass is 10.1. The Morgan fingerprint density at radius 1 is 1.19 bits per heavy atom. The van der Waals surface area contributed by atoms with Crippen LogP contribution in [0.3, 0.4) is 0 Å². The van der Waals surface area contributed by atoms with Crippen molar-refractivity contribution < 1.29 is 18.3 Å². The molecule has 1 atom stereocenters. The number of fused-ring (bicyclic) bond motifs is 1. The van der Waals surface area contributed by atoms with Crippen LogP contribution in [0.5, 0.6) is 0 Å². The second kappa shape index (κ2) is 10.0. The van der Waals surface area contributed by atoms with Gasteiger partial charge in [0.15, 0.2) is 0 Å². The number of rotatable bonds is 6. The Hall–Kier alpha value is -3.67. The van der Waals surface area contributed by atoms with Crippen LogP contribution in [0, 0.1) is 0 Å². The first kappa shape index (κ1) is 25.0. The number of nitrogens with two attached hydrogens (primary N) is 1. The smallest absolute Gasteiger partial charge is 0.407 e. The fourth-order valence-electron chi connectivity index (χ4n) is 4.60. The molecule has 4 aromatic rings. The highest BCUT2D eigenvalue weighted by atomic mass is 35.5. The lowest BCUT2D eigenvalue weighted by Gasteiger charge is -2.31. The van der Waals surface area contributed by atoms with Crippen LogP contribution in [-0.4, -0.2) is 52.4 Å². The van der Waals surface area contributed by atoms with Gasteiger partial charge in [0.2, 0.25) is 10.0 Å². The average Bonchev–Trinajstić information content (AvgIpc) is 3.29. The number of pyridine rings is 1. The number of sulfonamides is 1. The summed E-state index contributed by atoms with van der Waals surface area (Å²) < 4.78 is 29.7. The first-order valence-corrected chi connectivity index (χ1v) is 13.5. The number of benzene rings is 2. The van der Waals surface area contributed by atoms with E-state index in [4.69, 9.17) is 22.4 Å². The van der Waals surface area contributed by atoms with Gasteiger partial charge in [-0.05, 0) is 42.7 Å². The third-order valence-electron chi connectivity index (χ3n) is 6.46. The number of anilines is 1. The molecule has 192 valence electrons. The maximum Gasteiger partial charge on any atom is 0.407 e. The van der Waals surface area contributed by atoms with Crippen molar-refractivity contribution in [3.63, 3.8) is 0 Å². The summed E-state index contributed by atoms with van der Waals surface area (Å²) >= 11 is 5.93. The fraction of sp³-hybridized carbons (Fsp3) is 0.240. The van der Waals surface area contributed by atoms with E-state index in [1.54, 1.807) is 18.3 Å². The van der Waals surface area contributed by atoms with Crippen LogP contribution in [0.15, 0.2) is 65.7 Å². The lowest BCUT2D eigenvalue weighted by molar-refractivity contribution is 0.120. The molecule has 10 nitrogen and oxygen atoms in total. The van der Waals surface area contributed by atoms with Crippen molar-refractivity contribution in [3.05, 3.63) is 71.4 Å². The molecule has 12 heteroatoms. The van der Waals surface area contributed by atoms with Crippen molar-refractivity contribution in [1.29, 1.82) is 0 Å². The normalized spacial score (nSPS) is 16.2. The number of nitrogens with zero attached hydrogens (tertiary/aromatic N) is 4. The maximum absolute atomic E-state index is 12.6. The van der Waals surface area contributed by atoms with E-state index in [1.807, 2.05) is 35.0 Å². The van der Waals surface area contributed by atoms with Crippen LogP contribution in [0.1, 0.15) is 24.4 Å². The van der Waals surface area contributed by atoms with Crippen LogP contribution >= 0.6 is 11.6 Å². The molecule has 3 heterocycles. The van der Waals surface area contributed by atoms with Gasteiger partial charge in [0.05, 0.1) is 21.8 Å². The minimum atomic E-state index is -3.72. The number of halogens is 1. The van der Waals surface area contributed by atoms with Crippen molar-refractivity contribution >= 4 is 44.4 Å². The molecule has 0 saturated carbocycles. The SMILES string of the molecule is Nc1nccc2c1c(-c1ccc(CNS(=O)(=O)c3cccc(Cl)c3)cc1)nn2[C@@H]1CCCN(C(=O)O)C1. The van der Waals surface area contributed by atoms with Gasteiger partial charge in [-0.3, -0.25) is 4.68 Å². The van der Waals surface area contributed by atoms with Crippen LogP contribution in [0.2, 0.25) is 5.02 Å². The highest BCUT2D eigenvalue weighted by Crippen LogP contribution is 2.34. The molecule has 0 aliphatic carbocycles. The lowest BCUT2D eigenvalue weighted by Crippen LogP contribution is -2.40. The number of nitrogens with one attached hydrogen (secondary N) is 1. The van der Waals surface area contributed by atoms with Crippen molar-refractivity contribution in [1.82, 2.24) is 24.4 Å². The largest absolute Gasteiger partial charge is 0.465 e. The van der Waals surface area contributed by atoms with Crippen LogP contribution in [0.4, 0.5) is 10.6 Å². The van der Waals surface area contributed by atoms with Gasteiger partial charge in [-0.1, -0.05) is 41.9 Å². The standard InChI is InChI=1S/C25H25ClN6O4S/c26-18-3-1-5-20(13-18)37(35,36)29-14-16-6-8-17(9-7-16)23-22-21(10-11-28-24(22)27)32(30-23)19-4-2-12-31(15-19)25(33)34/h1,3,5-11,13,19,29H,2,4,12,14-15H2,(H2,27,28)(H,33,34)/t19-/m1/s1. The first-order valence-electron chi connectivity index (χ1n) is 11.7. The van der Waals surface area contributed by atoms with Crippen LogP contribution < -0.4 is 10.5 Å². The zero-order valence-electron chi connectivity index (χ0n) is 19.7. The third kappa shape index (κ3) is 5.10. The molecule has 2 aromatic carbocycles. The summed E-state index contributed by atoms with van der Waals surface area (Å²) in [5.74, 6) is 0.336. The van der Waals surface area contributed by atoms with Crippen molar-refractivity contribution in [2.24, 2.45) is 0 Å². The summed E-state index contributed by atoms with van der Waals surface area (Å²) in [6, 6.07) is 15.1. The van der Waals surface area contributed by atoms with Gasteiger partial charge in [-0.15, -0.1) is 0 Å². The third-order valence-corrected chi connectivity index (χ3v) is 8.10. The molecule has 1 fully saturated rings. The molecule has 0 radical (unpaired) electrons. The highest BCUT2D eigenvalue weighted by molar-refractivity contribution is 7.89. The highest BCUT2D eigenvalue weighted by Gasteiger charge is 2.28. The predicted molar refractivity (Wildman–Crippen MR) is 141 cm³/mol. The monoisotopic (exact) mass is 540 g/mol. The molecule has 2 aromatic heterocycles. The molecule has 1 aliphatic rings. The van der Waals surface area contributed by atoms with E-state index in [2.05, 4.69) is 9.71 Å². The van der Waals surface area contributed by atoms with Crippen LogP contribution in [0.25, 0.3) is 22.2 Å². The number of amides is 1. The number of piperidine rings is 1. The number of likely N-dealkylation sites (tertiary alicyclic amines) is 1. The van der Waals surface area contributed by atoms with Gasteiger partial charge in [-0.2, -0.15) is 5.10 Å². The molecule has 1 aliphatic heterocycles. The number of nitrogen functional groups attached to an aromatic ring is 1. The summed E-state index contributed by atoms with van der Waals surface area (Å²) in [5.41, 5.74) is 9.22. The van der Waals surface area contributed by atoms with E-state index in [-0.39, 0.29) is 17.5 Å². The Morgan fingerprint density at radius 3 is 2.70 bits per heavy atom. The van der Waals surface area contributed by atoms with E-state index >= 15 is 0 Å². The maximum atomic E-state index is 12.6. The van der Waals surface area contributed by atoms with Crippen LogP contribution in [-0.2, 0) is 16.6 Å². The van der Waals surface area contributed by atoms with Crippen molar-refractivity contribution in [3.8, 4) is 11.3 Å². The molecular weight excluding hydrogens is 516 g/mol. The molecule has 5 rings (SSSR count). The molecule has 4 N–H and O–H groups in total. The summed E-state index contributed by atoms with van der Waals surface area (Å²) in [6.07, 6.45) is 2.22. The number of hydrogen-bond acceptors (Lipinski definition) is 6. The second-order valence-corrected chi connectivity index (χ2v) is 11.1. The zero-order valence-corrected chi connectivity index (χ0v) is 21.3. The zero-order chi connectivity index (χ0) is 26.2. The van der Waals surface area contributed by atoms with Gasteiger partial charge < -0.3 is 15.7 Å². The Kier molecular flexibility index (Phi) is 6.76. The predicted octanol–water partition coefficient (Wildman–Crippen LogP) is 4.13. The quantitative estimate of drug-likeness (QED) is 0.333. The van der Waals surface area contributed by atoms with E-state index in [9.17, 15) is 18.3 Å². The summed E-state index contributed by atoms with van der Waals surface area (Å²) in [6.45, 7) is 0.949. The number of aromatic nitrogens is 3. The van der Waals surface area contributed by atoms with Crippen molar-refractivity contribution in [2.75, 3.05) is 18.8 Å². The molecule has 0 bridgehead atoms. The molecular formula is C25H25ClN6O4S. The van der Waals surface area contributed by atoms with Gasteiger partial charge in [0, 0.05) is 36.4 Å². The number of hydrogen-bond donors (Lipinski definition) is 3. The van der Waals surface area contributed by atoms with E-state index in [0.29, 0.717) is 35.0 Å². The van der Waals surface area contributed by atoms with Gasteiger partial charge in [0.1, 0.15) is 11.5 Å². The van der Waals surface area contributed by atoms with Gasteiger partial charge >= 0.3 is 6.09 Å². The Labute approximate surface area is 218 Å². The number of carbonyl (C=O) groups is 1. The second-order valence-electron chi connectivity index (χ2n) is 8.89. The minimum Gasteiger partial charge on any atom is -0.465 e. The molecule has 1 saturated heterocycles. The number of carboxylic acid groups (broad SMARTS) is 1. The summed E-state index contributed by atoms with van der Waals surface area (Å²) in [5, 5.41) is 15.4. The Morgan fingerprint density at radius 2 is 1.97 bits per heavy atom. The van der Waals surface area contributed by atoms with Crippen molar-refractivity contribution in [2.45, 2.75) is 30.3 Å². The summed E-state index contributed by atoms with van der Waals surface area (Å²) in [7, 11) is -3.72. The first-order chi connectivity index (χ1) is 17.7. The van der Waals surface area contributed by atoms with E-state index in [1.165, 1.54) is 17.0 Å². The van der Waals surface area contributed by atoms with Gasteiger partial charge in [-0.25, -0.2) is 22.9 Å². The fourth-order valence-corrected chi connectivity index (χ4v) is 5.92. The molecule has 0 spiro atoms. The summed E-state index contributed by atoms with van der Waals surface area (Å²) in [4.78, 5) is 17.3. The topological polar surface area (TPSA) is 143 Å².